The summed E-state index contributed by atoms with van der Waals surface area (Å²) in [7, 11) is 3.77. The molecule has 0 aliphatic carbocycles. The Morgan fingerprint density at radius 3 is 2.47 bits per heavy atom. The predicted octanol–water partition coefficient (Wildman–Crippen LogP) is 3.75. The van der Waals surface area contributed by atoms with Gasteiger partial charge in [-0.15, -0.1) is 0 Å². The highest BCUT2D eigenvalue weighted by molar-refractivity contribution is 7.99. The molecule has 0 amide bonds. The van der Waals surface area contributed by atoms with E-state index in [2.05, 4.69) is 50.1 Å². The second kappa shape index (κ2) is 9.27. The zero-order chi connectivity index (χ0) is 14.1. The van der Waals surface area contributed by atoms with E-state index < -0.39 is 0 Å². The fourth-order valence-electron chi connectivity index (χ4n) is 1.84. The van der Waals surface area contributed by atoms with Crippen molar-refractivity contribution in [3.05, 3.63) is 29.8 Å². The summed E-state index contributed by atoms with van der Waals surface area (Å²) in [6.07, 6.45) is 3.56. The Balaban J connectivity index is 2.35. The zero-order valence-corrected chi connectivity index (χ0v) is 13.4. The molecule has 2 atom stereocenters. The van der Waals surface area contributed by atoms with Crippen molar-refractivity contribution in [3.63, 3.8) is 0 Å². The van der Waals surface area contributed by atoms with Crippen LogP contribution >= 0.6 is 11.8 Å². The van der Waals surface area contributed by atoms with Crippen molar-refractivity contribution in [3.8, 4) is 5.75 Å². The molecule has 0 spiro atoms. The summed E-state index contributed by atoms with van der Waals surface area (Å²) in [5.74, 6) is 2.13. The maximum Gasteiger partial charge on any atom is 0.118 e. The second-order valence-electron chi connectivity index (χ2n) is 4.92. The summed E-state index contributed by atoms with van der Waals surface area (Å²) < 4.78 is 5.18. The van der Waals surface area contributed by atoms with Crippen LogP contribution in [0.2, 0.25) is 0 Å². The summed E-state index contributed by atoms with van der Waals surface area (Å²) in [6.45, 7) is 4.56. The maximum absolute atomic E-state index is 5.18. The van der Waals surface area contributed by atoms with Crippen molar-refractivity contribution < 1.29 is 4.74 Å². The van der Waals surface area contributed by atoms with Crippen molar-refractivity contribution in [1.29, 1.82) is 0 Å². The number of aryl methyl sites for hydroxylation is 1. The van der Waals surface area contributed by atoms with Crippen LogP contribution in [0.15, 0.2) is 24.3 Å². The lowest BCUT2D eigenvalue weighted by Gasteiger charge is -2.18. The van der Waals surface area contributed by atoms with Crippen LogP contribution in [-0.4, -0.2) is 31.2 Å². The standard InChI is InChI=1S/C16H27NOS/c1-5-13(2)19-12-15(17-3)9-6-14-7-10-16(18-4)11-8-14/h7-8,10-11,13,15,17H,5-6,9,12H2,1-4H3. The fourth-order valence-corrected chi connectivity index (χ4v) is 2.97. The van der Waals surface area contributed by atoms with Crippen LogP contribution in [0.3, 0.4) is 0 Å². The molecule has 0 radical (unpaired) electrons. The van der Waals surface area contributed by atoms with E-state index in [1.807, 2.05) is 12.1 Å². The van der Waals surface area contributed by atoms with Gasteiger partial charge in [0.05, 0.1) is 7.11 Å². The number of hydrogen-bond donors (Lipinski definition) is 1. The molecule has 2 nitrogen and oxygen atoms in total. The summed E-state index contributed by atoms with van der Waals surface area (Å²) in [5.41, 5.74) is 1.38. The fraction of sp³-hybridized carbons (Fsp3) is 0.625. The van der Waals surface area contributed by atoms with Gasteiger partial charge in [0, 0.05) is 17.0 Å². The lowest BCUT2D eigenvalue weighted by molar-refractivity contribution is 0.414. The van der Waals surface area contributed by atoms with Gasteiger partial charge in [0.15, 0.2) is 0 Å². The number of nitrogens with one attached hydrogen (secondary N) is 1. The van der Waals surface area contributed by atoms with Crippen LogP contribution in [-0.2, 0) is 6.42 Å². The number of hydrogen-bond acceptors (Lipinski definition) is 3. The van der Waals surface area contributed by atoms with E-state index in [1.54, 1.807) is 7.11 Å². The monoisotopic (exact) mass is 281 g/mol. The third-order valence-electron chi connectivity index (χ3n) is 3.51. The lowest BCUT2D eigenvalue weighted by atomic mass is 10.1. The molecule has 0 aliphatic rings. The van der Waals surface area contributed by atoms with Crippen LogP contribution in [0, 0.1) is 0 Å². The second-order valence-corrected chi connectivity index (χ2v) is 6.40. The third-order valence-corrected chi connectivity index (χ3v) is 5.00. The van der Waals surface area contributed by atoms with E-state index in [4.69, 9.17) is 4.74 Å². The van der Waals surface area contributed by atoms with Crippen LogP contribution in [0.1, 0.15) is 32.3 Å². The number of benzene rings is 1. The Morgan fingerprint density at radius 2 is 1.95 bits per heavy atom. The van der Waals surface area contributed by atoms with Gasteiger partial charge >= 0.3 is 0 Å². The minimum absolute atomic E-state index is 0.598. The molecule has 0 aliphatic heterocycles. The Bertz CT molecular complexity index is 339. The quantitative estimate of drug-likeness (QED) is 0.745. The number of thioether (sulfide) groups is 1. The highest BCUT2D eigenvalue weighted by atomic mass is 32.2. The molecule has 108 valence electrons. The molecule has 0 saturated heterocycles. The molecule has 0 aromatic heterocycles. The summed E-state index contributed by atoms with van der Waals surface area (Å²) in [5, 5.41) is 4.19. The van der Waals surface area contributed by atoms with Crippen LogP contribution in [0.5, 0.6) is 5.75 Å². The smallest absolute Gasteiger partial charge is 0.118 e. The first-order chi connectivity index (χ1) is 9.19. The largest absolute Gasteiger partial charge is 0.497 e. The predicted molar refractivity (Wildman–Crippen MR) is 86.4 cm³/mol. The summed E-state index contributed by atoms with van der Waals surface area (Å²) >= 11 is 2.07. The highest BCUT2D eigenvalue weighted by Crippen LogP contribution is 2.17. The minimum atomic E-state index is 0.598. The lowest BCUT2D eigenvalue weighted by Crippen LogP contribution is -2.29. The maximum atomic E-state index is 5.18. The molecular weight excluding hydrogens is 254 g/mol. The first kappa shape index (κ1) is 16.4. The van der Waals surface area contributed by atoms with Gasteiger partial charge < -0.3 is 10.1 Å². The summed E-state index contributed by atoms with van der Waals surface area (Å²) in [4.78, 5) is 0. The Hall–Kier alpha value is -0.670. The van der Waals surface area contributed by atoms with E-state index in [-0.39, 0.29) is 0 Å². The first-order valence-electron chi connectivity index (χ1n) is 7.11. The molecule has 3 heteroatoms. The average molecular weight is 281 g/mol. The van der Waals surface area contributed by atoms with Crippen molar-refractivity contribution in [1.82, 2.24) is 5.32 Å². The zero-order valence-electron chi connectivity index (χ0n) is 12.6. The number of rotatable bonds is 9. The third kappa shape index (κ3) is 6.35. The van der Waals surface area contributed by atoms with E-state index in [0.29, 0.717) is 6.04 Å². The van der Waals surface area contributed by atoms with E-state index in [0.717, 1.165) is 17.4 Å². The molecular formula is C16H27NOS. The van der Waals surface area contributed by atoms with Gasteiger partial charge in [0.2, 0.25) is 0 Å². The molecule has 0 saturated carbocycles. The van der Waals surface area contributed by atoms with Gasteiger partial charge in [-0.2, -0.15) is 11.8 Å². The van der Waals surface area contributed by atoms with E-state index in [9.17, 15) is 0 Å². The van der Waals surface area contributed by atoms with E-state index >= 15 is 0 Å². The number of methoxy groups -OCH3 is 1. The molecule has 0 fully saturated rings. The van der Waals surface area contributed by atoms with Crippen molar-refractivity contribution in [2.24, 2.45) is 0 Å². The molecule has 1 aromatic rings. The minimum Gasteiger partial charge on any atom is -0.497 e. The van der Waals surface area contributed by atoms with Crippen LogP contribution < -0.4 is 10.1 Å². The van der Waals surface area contributed by atoms with Crippen molar-refractivity contribution >= 4 is 11.8 Å². The summed E-state index contributed by atoms with van der Waals surface area (Å²) in [6, 6.07) is 9.00. The Morgan fingerprint density at radius 1 is 1.26 bits per heavy atom. The van der Waals surface area contributed by atoms with Gasteiger partial charge in [-0.3, -0.25) is 0 Å². The Kier molecular flexibility index (Phi) is 7.99. The van der Waals surface area contributed by atoms with Gasteiger partial charge in [-0.25, -0.2) is 0 Å². The first-order valence-corrected chi connectivity index (χ1v) is 8.16. The molecule has 2 unspecified atom stereocenters. The average Bonchev–Trinajstić information content (AvgIpc) is 2.47. The highest BCUT2D eigenvalue weighted by Gasteiger charge is 2.09. The van der Waals surface area contributed by atoms with Gasteiger partial charge in [0.25, 0.3) is 0 Å². The molecule has 0 heterocycles. The normalized spacial score (nSPS) is 14.1. The molecule has 1 rings (SSSR count). The molecule has 0 bridgehead atoms. The topological polar surface area (TPSA) is 21.3 Å². The number of ether oxygens (including phenoxy) is 1. The van der Waals surface area contributed by atoms with Gasteiger partial charge in [-0.05, 0) is 44.0 Å². The van der Waals surface area contributed by atoms with Crippen LogP contribution in [0.4, 0.5) is 0 Å². The van der Waals surface area contributed by atoms with Crippen molar-refractivity contribution in [2.75, 3.05) is 19.9 Å². The van der Waals surface area contributed by atoms with Gasteiger partial charge in [0.1, 0.15) is 5.75 Å². The van der Waals surface area contributed by atoms with Crippen molar-refractivity contribution in [2.45, 2.75) is 44.4 Å². The molecule has 1 aromatic carbocycles. The van der Waals surface area contributed by atoms with E-state index in [1.165, 1.54) is 24.2 Å². The SMILES string of the molecule is CCC(C)SCC(CCc1ccc(OC)cc1)NC. The van der Waals surface area contributed by atoms with Gasteiger partial charge in [-0.1, -0.05) is 26.0 Å². The molecule has 19 heavy (non-hydrogen) atoms. The Labute approximate surface area is 122 Å². The van der Waals surface area contributed by atoms with Crippen LogP contribution in [0.25, 0.3) is 0 Å². The molecule has 1 N–H and O–H groups in total.